The number of hydrogen-bond donors (Lipinski definition) is 2. The van der Waals surface area contributed by atoms with E-state index in [0.717, 1.165) is 25.8 Å². The molecule has 2 aromatic carbocycles. The summed E-state index contributed by atoms with van der Waals surface area (Å²) in [4.78, 5) is 0. The van der Waals surface area contributed by atoms with Gasteiger partial charge in [0.2, 0.25) is 0 Å². The second-order valence-electron chi connectivity index (χ2n) is 6.67. The van der Waals surface area contributed by atoms with Crippen LogP contribution in [0.25, 0.3) is 10.8 Å². The molecule has 1 fully saturated rings. The Morgan fingerprint density at radius 2 is 2.00 bits per heavy atom. The number of aliphatic hydroxyl groups is 1. The molecule has 2 aromatic rings. The summed E-state index contributed by atoms with van der Waals surface area (Å²) in [5, 5.41) is 16.7. The Kier molecular flexibility index (Phi) is 4.27. The molecule has 2 heteroatoms. The van der Waals surface area contributed by atoms with Crippen LogP contribution in [0, 0.1) is 5.92 Å². The van der Waals surface area contributed by atoms with E-state index in [-0.39, 0.29) is 0 Å². The molecule has 2 atom stereocenters. The number of hydrogen-bond acceptors (Lipinski definition) is 2. The van der Waals surface area contributed by atoms with Crippen LogP contribution in [0.2, 0.25) is 0 Å². The Morgan fingerprint density at radius 3 is 2.86 bits per heavy atom. The van der Waals surface area contributed by atoms with Crippen LogP contribution in [0.1, 0.15) is 38.2 Å². The highest BCUT2D eigenvalue weighted by atomic mass is 16.3. The zero-order chi connectivity index (χ0) is 14.7. The van der Waals surface area contributed by atoms with Gasteiger partial charge in [-0.2, -0.15) is 0 Å². The second kappa shape index (κ2) is 6.17. The highest BCUT2D eigenvalue weighted by Gasteiger charge is 2.31. The average Bonchev–Trinajstić information content (AvgIpc) is 2.47. The van der Waals surface area contributed by atoms with E-state index < -0.39 is 5.60 Å². The van der Waals surface area contributed by atoms with Crippen molar-refractivity contribution in [3.63, 3.8) is 0 Å². The highest BCUT2D eigenvalue weighted by Crippen LogP contribution is 2.31. The third-order valence-electron chi connectivity index (χ3n) is 4.72. The minimum atomic E-state index is -0.512. The lowest BCUT2D eigenvalue weighted by Crippen LogP contribution is -2.43. The molecule has 21 heavy (non-hydrogen) atoms. The summed E-state index contributed by atoms with van der Waals surface area (Å²) in [6.07, 6.45) is 4.26. The smallest absolute Gasteiger partial charge is 0.0774 e. The van der Waals surface area contributed by atoms with Crippen molar-refractivity contribution >= 4 is 10.8 Å². The zero-order valence-corrected chi connectivity index (χ0v) is 12.8. The van der Waals surface area contributed by atoms with Gasteiger partial charge in [-0.1, -0.05) is 62.2 Å². The minimum absolute atomic E-state index is 0.512. The van der Waals surface area contributed by atoms with Gasteiger partial charge < -0.3 is 10.4 Å². The molecule has 0 heterocycles. The topological polar surface area (TPSA) is 32.3 Å². The van der Waals surface area contributed by atoms with E-state index in [0.29, 0.717) is 12.5 Å². The molecule has 0 amide bonds. The van der Waals surface area contributed by atoms with Gasteiger partial charge in [-0.05, 0) is 35.1 Å². The SMILES string of the molecule is CC1CCCC(O)(CNCc2cccc3ccccc23)C1. The van der Waals surface area contributed by atoms with Gasteiger partial charge in [-0.15, -0.1) is 0 Å². The monoisotopic (exact) mass is 283 g/mol. The molecule has 1 aliphatic rings. The maximum absolute atomic E-state index is 10.7. The molecule has 0 bridgehead atoms. The molecule has 0 spiro atoms. The lowest BCUT2D eigenvalue weighted by Gasteiger charge is -2.35. The van der Waals surface area contributed by atoms with E-state index in [2.05, 4.69) is 54.7 Å². The molecule has 112 valence electrons. The van der Waals surface area contributed by atoms with Crippen molar-refractivity contribution in [1.82, 2.24) is 5.32 Å². The van der Waals surface area contributed by atoms with Crippen LogP contribution in [-0.4, -0.2) is 17.3 Å². The van der Waals surface area contributed by atoms with E-state index in [1.54, 1.807) is 0 Å². The summed E-state index contributed by atoms with van der Waals surface area (Å²) >= 11 is 0. The van der Waals surface area contributed by atoms with Crippen molar-refractivity contribution in [2.45, 2.75) is 44.8 Å². The fourth-order valence-corrected chi connectivity index (χ4v) is 3.67. The first-order chi connectivity index (χ1) is 10.2. The van der Waals surface area contributed by atoms with Crippen LogP contribution in [0.5, 0.6) is 0 Å². The van der Waals surface area contributed by atoms with Crippen molar-refractivity contribution in [2.75, 3.05) is 6.54 Å². The van der Waals surface area contributed by atoms with Gasteiger partial charge in [0.15, 0.2) is 0 Å². The standard InChI is InChI=1S/C19H25NO/c1-15-6-5-11-19(21,12-15)14-20-13-17-9-4-8-16-7-2-3-10-18(16)17/h2-4,7-10,15,20-21H,5-6,11-14H2,1H3. The molecule has 1 aliphatic carbocycles. The van der Waals surface area contributed by atoms with Crippen LogP contribution in [0.4, 0.5) is 0 Å². The van der Waals surface area contributed by atoms with Crippen molar-refractivity contribution < 1.29 is 5.11 Å². The maximum Gasteiger partial charge on any atom is 0.0774 e. The molecule has 0 radical (unpaired) electrons. The van der Waals surface area contributed by atoms with E-state index in [1.807, 2.05) is 0 Å². The Hall–Kier alpha value is -1.38. The normalized spacial score (nSPS) is 26.1. The van der Waals surface area contributed by atoms with Crippen LogP contribution in [0.3, 0.4) is 0 Å². The lowest BCUT2D eigenvalue weighted by atomic mass is 9.79. The predicted octanol–water partition coefficient (Wildman–Crippen LogP) is 3.87. The third kappa shape index (κ3) is 3.45. The molecule has 2 N–H and O–H groups in total. The zero-order valence-electron chi connectivity index (χ0n) is 12.8. The first-order valence-electron chi connectivity index (χ1n) is 8.06. The van der Waals surface area contributed by atoms with Gasteiger partial charge in [0.1, 0.15) is 0 Å². The third-order valence-corrected chi connectivity index (χ3v) is 4.72. The molecule has 0 aliphatic heterocycles. The van der Waals surface area contributed by atoms with Crippen molar-refractivity contribution in [3.8, 4) is 0 Å². The van der Waals surface area contributed by atoms with Gasteiger partial charge in [-0.3, -0.25) is 0 Å². The second-order valence-corrected chi connectivity index (χ2v) is 6.67. The Labute approximate surface area is 127 Å². The Balaban J connectivity index is 1.64. The van der Waals surface area contributed by atoms with Crippen LogP contribution in [-0.2, 0) is 6.54 Å². The van der Waals surface area contributed by atoms with E-state index in [4.69, 9.17) is 0 Å². The number of fused-ring (bicyclic) bond motifs is 1. The van der Waals surface area contributed by atoms with E-state index >= 15 is 0 Å². The Bertz CT molecular complexity index is 604. The number of rotatable bonds is 4. The summed E-state index contributed by atoms with van der Waals surface area (Å²) in [5.74, 6) is 0.642. The van der Waals surface area contributed by atoms with Gasteiger partial charge in [0.05, 0.1) is 5.60 Å². The number of benzene rings is 2. The van der Waals surface area contributed by atoms with Crippen LogP contribution in [0.15, 0.2) is 42.5 Å². The van der Waals surface area contributed by atoms with E-state index in [9.17, 15) is 5.11 Å². The van der Waals surface area contributed by atoms with Gasteiger partial charge >= 0.3 is 0 Å². The minimum Gasteiger partial charge on any atom is -0.389 e. The average molecular weight is 283 g/mol. The molecular formula is C19H25NO. The fourth-order valence-electron chi connectivity index (χ4n) is 3.67. The van der Waals surface area contributed by atoms with Crippen molar-refractivity contribution in [3.05, 3.63) is 48.0 Å². The highest BCUT2D eigenvalue weighted by molar-refractivity contribution is 5.85. The van der Waals surface area contributed by atoms with Gasteiger partial charge in [0.25, 0.3) is 0 Å². The van der Waals surface area contributed by atoms with Crippen molar-refractivity contribution in [2.24, 2.45) is 5.92 Å². The number of nitrogens with one attached hydrogen (secondary N) is 1. The lowest BCUT2D eigenvalue weighted by molar-refractivity contribution is -0.0119. The largest absolute Gasteiger partial charge is 0.389 e. The van der Waals surface area contributed by atoms with E-state index in [1.165, 1.54) is 22.8 Å². The van der Waals surface area contributed by atoms with Crippen LogP contribution >= 0.6 is 0 Å². The molecule has 0 aromatic heterocycles. The molecular weight excluding hydrogens is 258 g/mol. The van der Waals surface area contributed by atoms with Crippen molar-refractivity contribution in [1.29, 1.82) is 0 Å². The fraction of sp³-hybridized carbons (Fsp3) is 0.474. The summed E-state index contributed by atoms with van der Waals surface area (Å²) in [6.45, 7) is 3.76. The molecule has 2 unspecified atom stereocenters. The van der Waals surface area contributed by atoms with Gasteiger partial charge in [-0.25, -0.2) is 0 Å². The molecule has 0 saturated heterocycles. The summed E-state index contributed by atoms with van der Waals surface area (Å²) in [5.41, 5.74) is 0.794. The summed E-state index contributed by atoms with van der Waals surface area (Å²) in [6, 6.07) is 14.9. The first-order valence-corrected chi connectivity index (χ1v) is 8.06. The van der Waals surface area contributed by atoms with Crippen LogP contribution < -0.4 is 5.32 Å². The summed E-state index contributed by atoms with van der Waals surface area (Å²) in [7, 11) is 0. The Morgan fingerprint density at radius 1 is 1.19 bits per heavy atom. The summed E-state index contributed by atoms with van der Waals surface area (Å²) < 4.78 is 0. The predicted molar refractivity (Wildman–Crippen MR) is 88.2 cm³/mol. The molecule has 1 saturated carbocycles. The quantitative estimate of drug-likeness (QED) is 0.892. The van der Waals surface area contributed by atoms with Gasteiger partial charge in [0, 0.05) is 13.1 Å². The molecule has 2 nitrogen and oxygen atoms in total. The molecule has 3 rings (SSSR count). The first kappa shape index (κ1) is 14.6. The maximum atomic E-state index is 10.7.